The monoisotopic (exact) mass is 286 g/mol. The zero-order valence-corrected chi connectivity index (χ0v) is 9.15. The Hall–Kier alpha value is -0.910. The van der Waals surface area contributed by atoms with Gasteiger partial charge in [-0.25, -0.2) is 0 Å². The fraction of sp³-hybridized carbons (Fsp3) is 0.111. The molecule has 0 unspecified atom stereocenters. The lowest BCUT2D eigenvalue weighted by Crippen LogP contribution is -1.90. The number of methoxy groups -OCH3 is 1. The fourth-order valence-corrected chi connectivity index (χ4v) is 1.96. The van der Waals surface area contributed by atoms with E-state index in [9.17, 15) is 0 Å². The second kappa shape index (κ2) is 3.45. The molecule has 0 spiro atoms. The molecule has 0 aliphatic carbocycles. The van der Waals surface area contributed by atoms with Crippen LogP contribution in [0.4, 0.5) is 0 Å². The highest BCUT2D eigenvalue weighted by Gasteiger charge is 2.05. The van der Waals surface area contributed by atoms with Gasteiger partial charge in [-0.2, -0.15) is 0 Å². The van der Waals surface area contributed by atoms with Crippen molar-refractivity contribution in [1.29, 1.82) is 0 Å². The normalized spacial score (nSPS) is 10.3. The van der Waals surface area contributed by atoms with Crippen LogP contribution in [-0.2, 0) is 0 Å². The molecule has 0 saturated carbocycles. The first kappa shape index (κ1) is 8.68. The van der Waals surface area contributed by atoms with Gasteiger partial charge in [0.1, 0.15) is 11.3 Å². The van der Waals surface area contributed by atoms with E-state index in [0.29, 0.717) is 0 Å². The molecule has 0 fully saturated rings. The summed E-state index contributed by atoms with van der Waals surface area (Å²) in [7, 11) is 1.65. The Morgan fingerprint density at radius 2 is 2.00 bits per heavy atom. The van der Waals surface area contributed by atoms with E-state index in [1.54, 1.807) is 19.5 Å². The van der Waals surface area contributed by atoms with E-state index in [0.717, 1.165) is 20.4 Å². The Labute approximate surface area is 89.3 Å². The summed E-state index contributed by atoms with van der Waals surface area (Å²) in [6.07, 6.45) is 3.37. The number of aromatic nitrogens is 2. The number of hydrogen-bond acceptors (Lipinski definition) is 3. The van der Waals surface area contributed by atoms with Crippen LogP contribution in [0, 0.1) is 3.57 Å². The van der Waals surface area contributed by atoms with E-state index >= 15 is 0 Å². The molecule has 4 heteroatoms. The molecule has 1 heterocycles. The van der Waals surface area contributed by atoms with Crippen molar-refractivity contribution in [3.8, 4) is 5.75 Å². The lowest BCUT2D eigenvalue weighted by atomic mass is 10.3. The molecule has 2 aromatic rings. The predicted octanol–water partition coefficient (Wildman–Crippen LogP) is 2.24. The summed E-state index contributed by atoms with van der Waals surface area (Å²) >= 11 is 2.21. The van der Waals surface area contributed by atoms with Gasteiger partial charge in [0.2, 0.25) is 0 Å². The Bertz CT molecular complexity index is 445. The zero-order chi connectivity index (χ0) is 9.26. The van der Waals surface area contributed by atoms with E-state index in [1.165, 1.54) is 0 Å². The van der Waals surface area contributed by atoms with Crippen LogP contribution in [0.1, 0.15) is 0 Å². The van der Waals surface area contributed by atoms with Crippen LogP contribution >= 0.6 is 22.6 Å². The molecule has 0 radical (unpaired) electrons. The summed E-state index contributed by atoms with van der Waals surface area (Å²) in [5.41, 5.74) is 1.79. The molecule has 2 rings (SSSR count). The number of fused-ring (bicyclic) bond motifs is 1. The van der Waals surface area contributed by atoms with Gasteiger partial charge in [0, 0.05) is 12.4 Å². The van der Waals surface area contributed by atoms with Gasteiger partial charge in [-0.15, -0.1) is 0 Å². The first-order valence-electron chi connectivity index (χ1n) is 3.76. The van der Waals surface area contributed by atoms with Crippen molar-refractivity contribution in [2.75, 3.05) is 7.11 Å². The Balaban J connectivity index is 2.79. The highest BCUT2D eigenvalue weighted by molar-refractivity contribution is 14.1. The van der Waals surface area contributed by atoms with Crippen LogP contribution in [0.25, 0.3) is 11.0 Å². The average molecular weight is 286 g/mol. The van der Waals surface area contributed by atoms with Gasteiger partial charge in [-0.1, -0.05) is 0 Å². The third kappa shape index (κ3) is 1.46. The molecule has 0 aliphatic heterocycles. The number of halogens is 1. The van der Waals surface area contributed by atoms with E-state index < -0.39 is 0 Å². The molecular weight excluding hydrogens is 279 g/mol. The summed E-state index contributed by atoms with van der Waals surface area (Å²) in [5, 5.41) is 0. The number of ether oxygens (including phenoxy) is 1. The second-order valence-corrected chi connectivity index (χ2v) is 3.58. The number of benzene rings is 1. The van der Waals surface area contributed by atoms with Crippen LogP contribution in [0.15, 0.2) is 24.5 Å². The van der Waals surface area contributed by atoms with Gasteiger partial charge >= 0.3 is 0 Å². The maximum atomic E-state index is 5.18. The van der Waals surface area contributed by atoms with Crippen molar-refractivity contribution >= 4 is 33.6 Å². The predicted molar refractivity (Wildman–Crippen MR) is 58.8 cm³/mol. The second-order valence-electron chi connectivity index (χ2n) is 2.51. The van der Waals surface area contributed by atoms with Crippen LogP contribution in [0.3, 0.4) is 0 Å². The van der Waals surface area contributed by atoms with Crippen LogP contribution in [0.5, 0.6) is 5.75 Å². The molecule has 0 amide bonds. The third-order valence-corrected chi connectivity index (χ3v) is 2.81. The van der Waals surface area contributed by atoms with Gasteiger partial charge in [0.05, 0.1) is 16.2 Å². The van der Waals surface area contributed by atoms with Crippen molar-refractivity contribution in [2.45, 2.75) is 0 Å². The lowest BCUT2D eigenvalue weighted by molar-refractivity contribution is 0.412. The fourth-order valence-electron chi connectivity index (χ4n) is 1.14. The number of nitrogens with zero attached hydrogens (tertiary/aromatic N) is 2. The number of hydrogen-bond donors (Lipinski definition) is 0. The Morgan fingerprint density at radius 3 is 2.77 bits per heavy atom. The van der Waals surface area contributed by atoms with Gasteiger partial charge in [0.25, 0.3) is 0 Å². The minimum atomic E-state index is 0.841. The molecule has 0 N–H and O–H groups in total. The van der Waals surface area contributed by atoms with Gasteiger partial charge in [0.15, 0.2) is 0 Å². The molecule has 0 saturated heterocycles. The molecule has 0 atom stereocenters. The molecule has 66 valence electrons. The third-order valence-electron chi connectivity index (χ3n) is 1.76. The minimum absolute atomic E-state index is 0.841. The van der Waals surface area contributed by atoms with E-state index in [-0.39, 0.29) is 0 Å². The molecule has 1 aromatic carbocycles. The molecule has 13 heavy (non-hydrogen) atoms. The van der Waals surface area contributed by atoms with E-state index in [2.05, 4.69) is 32.6 Å². The molecule has 3 nitrogen and oxygen atoms in total. The van der Waals surface area contributed by atoms with Crippen LogP contribution in [-0.4, -0.2) is 17.1 Å². The molecule has 1 aromatic heterocycles. The van der Waals surface area contributed by atoms with Crippen molar-refractivity contribution in [3.63, 3.8) is 0 Å². The van der Waals surface area contributed by atoms with Crippen LogP contribution in [0.2, 0.25) is 0 Å². The summed E-state index contributed by atoms with van der Waals surface area (Å²) in [5.74, 6) is 0.841. The average Bonchev–Trinajstić information content (AvgIpc) is 2.19. The van der Waals surface area contributed by atoms with Crippen molar-refractivity contribution < 1.29 is 4.74 Å². The van der Waals surface area contributed by atoms with Gasteiger partial charge in [-0.05, 0) is 34.7 Å². The zero-order valence-electron chi connectivity index (χ0n) is 6.99. The summed E-state index contributed by atoms with van der Waals surface area (Å²) in [6, 6.07) is 3.81. The highest BCUT2D eigenvalue weighted by Crippen LogP contribution is 2.26. The topological polar surface area (TPSA) is 35.0 Å². The van der Waals surface area contributed by atoms with Gasteiger partial charge in [-0.3, -0.25) is 9.97 Å². The first-order valence-corrected chi connectivity index (χ1v) is 4.84. The SMILES string of the molecule is COc1ccc2nccnc2c1I. The Kier molecular flexibility index (Phi) is 2.30. The summed E-state index contributed by atoms with van der Waals surface area (Å²) in [4.78, 5) is 8.43. The Morgan fingerprint density at radius 1 is 1.23 bits per heavy atom. The smallest absolute Gasteiger partial charge is 0.134 e. The summed E-state index contributed by atoms with van der Waals surface area (Å²) in [6.45, 7) is 0. The van der Waals surface area contributed by atoms with Crippen molar-refractivity contribution in [3.05, 3.63) is 28.1 Å². The minimum Gasteiger partial charge on any atom is -0.496 e. The standard InChI is InChI=1S/C9H7IN2O/c1-13-7-3-2-6-9(8(7)10)12-5-4-11-6/h2-5H,1H3. The van der Waals surface area contributed by atoms with Crippen molar-refractivity contribution in [1.82, 2.24) is 9.97 Å². The quantitative estimate of drug-likeness (QED) is 0.754. The molecule has 0 bridgehead atoms. The van der Waals surface area contributed by atoms with Crippen molar-refractivity contribution in [2.24, 2.45) is 0 Å². The van der Waals surface area contributed by atoms with E-state index in [4.69, 9.17) is 4.74 Å². The lowest BCUT2D eigenvalue weighted by Gasteiger charge is -2.04. The largest absolute Gasteiger partial charge is 0.496 e. The molecular formula is C9H7IN2O. The number of rotatable bonds is 1. The first-order chi connectivity index (χ1) is 6.33. The maximum Gasteiger partial charge on any atom is 0.134 e. The van der Waals surface area contributed by atoms with E-state index in [1.807, 2.05) is 12.1 Å². The molecule has 0 aliphatic rings. The maximum absolute atomic E-state index is 5.18. The summed E-state index contributed by atoms with van der Waals surface area (Å²) < 4.78 is 6.18. The van der Waals surface area contributed by atoms with Crippen LogP contribution < -0.4 is 4.74 Å². The highest BCUT2D eigenvalue weighted by atomic mass is 127. The van der Waals surface area contributed by atoms with Gasteiger partial charge < -0.3 is 4.74 Å².